The number of hydrogen-bond donors (Lipinski definition) is 1. The fourth-order valence-electron chi connectivity index (χ4n) is 2.91. The van der Waals surface area contributed by atoms with Gasteiger partial charge in [0.1, 0.15) is 0 Å². The van der Waals surface area contributed by atoms with Crippen LogP contribution in [0.15, 0.2) is 42.6 Å². The Labute approximate surface area is 125 Å². The van der Waals surface area contributed by atoms with Crippen molar-refractivity contribution in [3.8, 4) is 0 Å². The van der Waals surface area contributed by atoms with Gasteiger partial charge in [-0.05, 0) is 29.8 Å². The minimum atomic E-state index is 0.300. The highest BCUT2D eigenvalue weighted by atomic mass is 35.5. The third-order valence-corrected chi connectivity index (χ3v) is 4.22. The average molecular weight is 290 g/mol. The quantitative estimate of drug-likeness (QED) is 0.937. The smallest absolute Gasteiger partial charge is 0.0756 e. The number of nitrogens with one attached hydrogen (secondary N) is 1. The van der Waals surface area contributed by atoms with Crippen LogP contribution in [0.5, 0.6) is 0 Å². The number of piperazine rings is 1. The molecule has 1 aromatic heterocycles. The van der Waals surface area contributed by atoms with E-state index < -0.39 is 0 Å². The van der Waals surface area contributed by atoms with E-state index in [0.29, 0.717) is 6.04 Å². The fourth-order valence-corrected chi connectivity index (χ4v) is 3.04. The van der Waals surface area contributed by atoms with Crippen molar-refractivity contribution in [2.45, 2.75) is 6.04 Å². The van der Waals surface area contributed by atoms with E-state index in [1.807, 2.05) is 12.1 Å². The molecule has 4 heteroatoms. The molecule has 1 unspecified atom stereocenters. The molecule has 1 aromatic carbocycles. The summed E-state index contributed by atoms with van der Waals surface area (Å²) in [4.78, 5) is 2.54. The van der Waals surface area contributed by atoms with Crippen LogP contribution < -0.4 is 5.32 Å². The third-order valence-electron chi connectivity index (χ3n) is 3.97. The lowest BCUT2D eigenvalue weighted by molar-refractivity contribution is 0.193. The Morgan fingerprint density at radius 2 is 1.80 bits per heavy atom. The summed E-state index contributed by atoms with van der Waals surface area (Å²) < 4.78 is 2.21. The van der Waals surface area contributed by atoms with Gasteiger partial charge in [0.2, 0.25) is 0 Å². The highest BCUT2D eigenvalue weighted by molar-refractivity contribution is 6.30. The predicted octanol–water partition coefficient (Wildman–Crippen LogP) is 2.67. The zero-order chi connectivity index (χ0) is 13.9. The molecule has 0 spiro atoms. The number of rotatable bonds is 3. The highest BCUT2D eigenvalue weighted by Gasteiger charge is 2.25. The number of aryl methyl sites for hydroxylation is 1. The molecule has 0 aliphatic carbocycles. The molecule has 1 atom stereocenters. The molecule has 1 aliphatic rings. The first kappa shape index (κ1) is 13.7. The van der Waals surface area contributed by atoms with Crippen LogP contribution in [0, 0.1) is 0 Å². The van der Waals surface area contributed by atoms with Crippen molar-refractivity contribution in [1.82, 2.24) is 14.8 Å². The van der Waals surface area contributed by atoms with Crippen LogP contribution in [-0.2, 0) is 7.05 Å². The van der Waals surface area contributed by atoms with Crippen molar-refractivity contribution in [1.29, 1.82) is 0 Å². The molecule has 0 bridgehead atoms. The van der Waals surface area contributed by atoms with Gasteiger partial charge < -0.3 is 9.88 Å². The molecule has 1 fully saturated rings. The van der Waals surface area contributed by atoms with E-state index in [1.165, 1.54) is 11.3 Å². The summed E-state index contributed by atoms with van der Waals surface area (Å²) in [6.45, 7) is 4.24. The average Bonchev–Trinajstić information content (AvgIpc) is 2.89. The summed E-state index contributed by atoms with van der Waals surface area (Å²) in [7, 11) is 2.11. The van der Waals surface area contributed by atoms with Crippen LogP contribution in [0.4, 0.5) is 0 Å². The Bertz CT molecular complexity index is 555. The first-order valence-corrected chi connectivity index (χ1v) is 7.45. The zero-order valence-electron chi connectivity index (χ0n) is 11.7. The molecule has 3 rings (SSSR count). The molecular weight excluding hydrogens is 270 g/mol. The van der Waals surface area contributed by atoms with E-state index in [1.54, 1.807) is 0 Å². The second kappa shape index (κ2) is 6.00. The summed E-state index contributed by atoms with van der Waals surface area (Å²) in [5.41, 5.74) is 2.63. The van der Waals surface area contributed by atoms with Crippen molar-refractivity contribution in [2.24, 2.45) is 7.05 Å². The first-order chi connectivity index (χ1) is 9.75. The highest BCUT2D eigenvalue weighted by Crippen LogP contribution is 2.29. The number of nitrogens with zero attached hydrogens (tertiary/aromatic N) is 2. The Kier molecular flexibility index (Phi) is 4.10. The van der Waals surface area contributed by atoms with Gasteiger partial charge in [0.15, 0.2) is 0 Å². The molecule has 0 amide bonds. The normalized spacial score (nSPS) is 18.1. The Hall–Kier alpha value is -1.29. The molecule has 1 N–H and O–H groups in total. The SMILES string of the molecule is Cn1cccc1C(c1ccc(Cl)cc1)N1CCNCC1. The fraction of sp³-hybridized carbons (Fsp3) is 0.375. The van der Waals surface area contributed by atoms with Gasteiger partial charge in [-0.25, -0.2) is 0 Å². The van der Waals surface area contributed by atoms with E-state index in [0.717, 1.165) is 31.2 Å². The number of hydrogen-bond acceptors (Lipinski definition) is 2. The molecule has 2 heterocycles. The Morgan fingerprint density at radius 1 is 1.10 bits per heavy atom. The van der Waals surface area contributed by atoms with E-state index in [4.69, 9.17) is 11.6 Å². The zero-order valence-corrected chi connectivity index (χ0v) is 12.5. The van der Waals surface area contributed by atoms with Gasteiger partial charge in [-0.2, -0.15) is 0 Å². The van der Waals surface area contributed by atoms with Gasteiger partial charge in [-0.15, -0.1) is 0 Å². The van der Waals surface area contributed by atoms with E-state index in [-0.39, 0.29) is 0 Å². The number of benzene rings is 1. The van der Waals surface area contributed by atoms with Crippen LogP contribution in [0.3, 0.4) is 0 Å². The van der Waals surface area contributed by atoms with Crippen molar-refractivity contribution < 1.29 is 0 Å². The van der Waals surface area contributed by atoms with Crippen molar-refractivity contribution in [3.63, 3.8) is 0 Å². The van der Waals surface area contributed by atoms with Crippen LogP contribution in [0.1, 0.15) is 17.3 Å². The first-order valence-electron chi connectivity index (χ1n) is 7.07. The summed E-state index contributed by atoms with van der Waals surface area (Å²) in [6.07, 6.45) is 2.11. The second-order valence-corrected chi connectivity index (χ2v) is 5.72. The second-order valence-electron chi connectivity index (χ2n) is 5.28. The van der Waals surface area contributed by atoms with E-state index in [9.17, 15) is 0 Å². The topological polar surface area (TPSA) is 20.2 Å². The summed E-state index contributed by atoms with van der Waals surface area (Å²) in [5.74, 6) is 0. The minimum absolute atomic E-state index is 0.300. The molecule has 20 heavy (non-hydrogen) atoms. The van der Waals surface area contributed by atoms with Crippen LogP contribution in [0.25, 0.3) is 0 Å². The van der Waals surface area contributed by atoms with Crippen LogP contribution in [-0.4, -0.2) is 35.6 Å². The maximum atomic E-state index is 6.03. The molecule has 3 nitrogen and oxygen atoms in total. The predicted molar refractivity (Wildman–Crippen MR) is 83.2 cm³/mol. The van der Waals surface area contributed by atoms with Gasteiger partial charge in [0, 0.05) is 50.1 Å². The Morgan fingerprint density at radius 3 is 2.40 bits per heavy atom. The number of aromatic nitrogens is 1. The molecule has 106 valence electrons. The Balaban J connectivity index is 1.98. The third kappa shape index (κ3) is 2.75. The molecular formula is C16H20ClN3. The molecule has 0 radical (unpaired) electrons. The minimum Gasteiger partial charge on any atom is -0.353 e. The van der Waals surface area contributed by atoms with Gasteiger partial charge in [-0.3, -0.25) is 4.90 Å². The molecule has 1 aliphatic heterocycles. The molecule has 0 saturated carbocycles. The lowest BCUT2D eigenvalue weighted by Gasteiger charge is -2.35. The van der Waals surface area contributed by atoms with Crippen LogP contribution >= 0.6 is 11.6 Å². The summed E-state index contributed by atoms with van der Waals surface area (Å²) >= 11 is 6.03. The molecule has 2 aromatic rings. The largest absolute Gasteiger partial charge is 0.353 e. The van der Waals surface area contributed by atoms with Crippen molar-refractivity contribution >= 4 is 11.6 Å². The van der Waals surface area contributed by atoms with Gasteiger partial charge in [-0.1, -0.05) is 23.7 Å². The van der Waals surface area contributed by atoms with Crippen molar-refractivity contribution in [3.05, 3.63) is 58.9 Å². The van der Waals surface area contributed by atoms with Gasteiger partial charge in [0.25, 0.3) is 0 Å². The summed E-state index contributed by atoms with van der Waals surface area (Å²) in [5, 5.41) is 4.21. The van der Waals surface area contributed by atoms with E-state index >= 15 is 0 Å². The lowest BCUT2D eigenvalue weighted by atomic mass is 10.0. The maximum Gasteiger partial charge on any atom is 0.0756 e. The standard InChI is InChI=1S/C16H20ClN3/c1-19-10-2-3-15(19)16(20-11-8-18-9-12-20)13-4-6-14(17)7-5-13/h2-7,10,16,18H,8-9,11-12H2,1H3. The monoisotopic (exact) mass is 289 g/mol. The number of halogens is 1. The van der Waals surface area contributed by atoms with Gasteiger partial charge >= 0.3 is 0 Å². The van der Waals surface area contributed by atoms with Crippen molar-refractivity contribution in [2.75, 3.05) is 26.2 Å². The lowest BCUT2D eigenvalue weighted by Crippen LogP contribution is -2.45. The summed E-state index contributed by atoms with van der Waals surface area (Å²) in [6, 6.07) is 12.9. The van der Waals surface area contributed by atoms with E-state index in [2.05, 4.69) is 52.3 Å². The maximum absolute atomic E-state index is 6.03. The van der Waals surface area contributed by atoms with Crippen LogP contribution in [0.2, 0.25) is 5.02 Å². The molecule has 1 saturated heterocycles. The van der Waals surface area contributed by atoms with Gasteiger partial charge in [0.05, 0.1) is 6.04 Å².